The summed E-state index contributed by atoms with van der Waals surface area (Å²) in [5.41, 5.74) is 4.94. The van der Waals surface area contributed by atoms with Gasteiger partial charge in [0, 0.05) is 23.8 Å². The number of nitrogens with one attached hydrogen (secondary N) is 1. The monoisotopic (exact) mass is 277 g/mol. The second-order valence-electron chi connectivity index (χ2n) is 5.33. The second kappa shape index (κ2) is 6.72. The quantitative estimate of drug-likeness (QED) is 0.565. The van der Waals surface area contributed by atoms with Crippen LogP contribution in [0.3, 0.4) is 0 Å². The summed E-state index contributed by atoms with van der Waals surface area (Å²) in [6.07, 6.45) is 4.39. The van der Waals surface area contributed by atoms with Crippen molar-refractivity contribution in [1.82, 2.24) is 4.90 Å². The first kappa shape index (κ1) is 14.8. The van der Waals surface area contributed by atoms with E-state index in [1.54, 1.807) is 12.1 Å². The van der Waals surface area contributed by atoms with Crippen molar-refractivity contribution < 1.29 is 9.90 Å². The summed E-state index contributed by atoms with van der Waals surface area (Å²) in [5, 5.41) is 9.22. The molecule has 5 heteroatoms. The van der Waals surface area contributed by atoms with Crippen LogP contribution in [0.5, 0.6) is 0 Å². The maximum atomic E-state index is 12.7. The van der Waals surface area contributed by atoms with Crippen LogP contribution in [0.15, 0.2) is 18.2 Å². The molecule has 0 spiro atoms. The molecule has 2 rings (SSSR count). The minimum absolute atomic E-state index is 0.00370. The summed E-state index contributed by atoms with van der Waals surface area (Å²) < 4.78 is 0. The van der Waals surface area contributed by atoms with Gasteiger partial charge < -0.3 is 15.4 Å². The predicted molar refractivity (Wildman–Crippen MR) is 79.4 cm³/mol. The van der Waals surface area contributed by atoms with Gasteiger partial charge in [-0.25, -0.2) is 0 Å². The van der Waals surface area contributed by atoms with Crippen LogP contribution in [-0.4, -0.2) is 35.1 Å². The molecule has 20 heavy (non-hydrogen) atoms. The number of benzene rings is 1. The van der Waals surface area contributed by atoms with E-state index in [9.17, 15) is 9.90 Å². The van der Waals surface area contributed by atoms with Crippen molar-refractivity contribution in [1.29, 1.82) is 0 Å². The number of hydrogen-bond donors (Lipinski definition) is 3. The number of nitrogens with zero attached hydrogens (tertiary/aromatic N) is 1. The molecular weight excluding hydrogens is 254 g/mol. The molecule has 1 aromatic carbocycles. The molecule has 0 unspecified atom stereocenters. The van der Waals surface area contributed by atoms with Crippen LogP contribution in [0, 0.1) is 6.92 Å². The fourth-order valence-corrected chi connectivity index (χ4v) is 2.92. The molecule has 0 saturated heterocycles. The number of aliphatic hydroxyl groups excluding tert-OH is 1. The standard InChI is InChI=1S/C15H23N3O2/c1-11-10-12(17-16)6-7-14(11)15(20)18(8-9-19)13-4-2-3-5-13/h6-7,10,13,17,19H,2-5,8-9,16H2,1H3. The first-order valence-corrected chi connectivity index (χ1v) is 7.16. The summed E-state index contributed by atoms with van der Waals surface area (Å²) in [4.78, 5) is 14.5. The number of nitrogen functional groups attached to an aromatic ring is 1. The van der Waals surface area contributed by atoms with E-state index < -0.39 is 0 Å². The van der Waals surface area contributed by atoms with Crippen LogP contribution in [0.1, 0.15) is 41.6 Å². The Morgan fingerprint density at radius 2 is 2.15 bits per heavy atom. The van der Waals surface area contributed by atoms with Gasteiger partial charge in [0.25, 0.3) is 5.91 Å². The van der Waals surface area contributed by atoms with Crippen molar-refractivity contribution in [3.8, 4) is 0 Å². The Hall–Kier alpha value is -1.59. The third-order valence-corrected chi connectivity index (χ3v) is 3.99. The van der Waals surface area contributed by atoms with Gasteiger partial charge in [-0.3, -0.25) is 10.6 Å². The molecule has 0 aromatic heterocycles. The van der Waals surface area contributed by atoms with E-state index in [0.29, 0.717) is 12.1 Å². The molecule has 0 atom stereocenters. The summed E-state index contributed by atoms with van der Waals surface area (Å²) in [7, 11) is 0. The predicted octanol–water partition coefficient (Wildman–Crippen LogP) is 1.66. The smallest absolute Gasteiger partial charge is 0.254 e. The lowest BCUT2D eigenvalue weighted by molar-refractivity contribution is 0.0637. The van der Waals surface area contributed by atoms with Gasteiger partial charge in [0.1, 0.15) is 0 Å². The van der Waals surface area contributed by atoms with Crippen molar-refractivity contribution >= 4 is 11.6 Å². The van der Waals surface area contributed by atoms with Crippen molar-refractivity contribution in [2.75, 3.05) is 18.6 Å². The van der Waals surface area contributed by atoms with Gasteiger partial charge in [0.2, 0.25) is 0 Å². The van der Waals surface area contributed by atoms with E-state index in [4.69, 9.17) is 5.84 Å². The lowest BCUT2D eigenvalue weighted by Gasteiger charge is -2.29. The van der Waals surface area contributed by atoms with Gasteiger partial charge in [-0.2, -0.15) is 0 Å². The molecule has 1 saturated carbocycles. The minimum Gasteiger partial charge on any atom is -0.395 e. The Bertz CT molecular complexity index is 470. The first-order valence-electron chi connectivity index (χ1n) is 7.16. The molecule has 0 radical (unpaired) electrons. The highest BCUT2D eigenvalue weighted by molar-refractivity contribution is 5.96. The van der Waals surface area contributed by atoms with Crippen LogP contribution in [-0.2, 0) is 0 Å². The van der Waals surface area contributed by atoms with E-state index in [2.05, 4.69) is 5.43 Å². The SMILES string of the molecule is Cc1cc(NN)ccc1C(=O)N(CCO)C1CCCC1. The maximum absolute atomic E-state index is 12.7. The van der Waals surface area contributed by atoms with Crippen LogP contribution >= 0.6 is 0 Å². The fourth-order valence-electron chi connectivity index (χ4n) is 2.92. The number of amides is 1. The first-order chi connectivity index (χ1) is 9.67. The van der Waals surface area contributed by atoms with Crippen LogP contribution in [0.2, 0.25) is 0 Å². The number of anilines is 1. The van der Waals surface area contributed by atoms with Crippen molar-refractivity contribution in [2.24, 2.45) is 5.84 Å². The number of hydrogen-bond acceptors (Lipinski definition) is 4. The molecule has 5 nitrogen and oxygen atoms in total. The van der Waals surface area contributed by atoms with E-state index in [1.165, 1.54) is 0 Å². The van der Waals surface area contributed by atoms with E-state index >= 15 is 0 Å². The van der Waals surface area contributed by atoms with Gasteiger partial charge in [-0.1, -0.05) is 12.8 Å². The van der Waals surface area contributed by atoms with Gasteiger partial charge >= 0.3 is 0 Å². The van der Waals surface area contributed by atoms with Crippen molar-refractivity contribution in [3.05, 3.63) is 29.3 Å². The van der Waals surface area contributed by atoms with Gasteiger partial charge in [-0.05, 0) is 43.5 Å². The van der Waals surface area contributed by atoms with E-state index in [-0.39, 0.29) is 18.6 Å². The topological polar surface area (TPSA) is 78.6 Å². The Balaban J connectivity index is 2.22. The van der Waals surface area contributed by atoms with E-state index in [1.807, 2.05) is 17.9 Å². The van der Waals surface area contributed by atoms with Gasteiger partial charge in [0.15, 0.2) is 0 Å². The number of rotatable bonds is 5. The summed E-state index contributed by atoms with van der Waals surface area (Å²) in [5.74, 6) is 5.38. The van der Waals surface area contributed by atoms with Gasteiger partial charge in [-0.15, -0.1) is 0 Å². The number of aryl methyl sites for hydroxylation is 1. The molecular formula is C15H23N3O2. The molecule has 0 bridgehead atoms. The highest BCUT2D eigenvalue weighted by Gasteiger charge is 2.27. The lowest BCUT2D eigenvalue weighted by atomic mass is 10.0. The highest BCUT2D eigenvalue weighted by Crippen LogP contribution is 2.26. The number of nitrogens with two attached hydrogens (primary N) is 1. The largest absolute Gasteiger partial charge is 0.395 e. The maximum Gasteiger partial charge on any atom is 0.254 e. The number of hydrazine groups is 1. The third-order valence-electron chi connectivity index (χ3n) is 3.99. The second-order valence-corrected chi connectivity index (χ2v) is 5.33. The molecule has 1 aliphatic rings. The summed E-state index contributed by atoms with van der Waals surface area (Å²) in [6.45, 7) is 2.31. The third kappa shape index (κ3) is 3.11. The molecule has 110 valence electrons. The van der Waals surface area contributed by atoms with Crippen molar-refractivity contribution in [2.45, 2.75) is 38.6 Å². The molecule has 1 amide bonds. The number of aliphatic hydroxyl groups is 1. The molecule has 4 N–H and O–H groups in total. The molecule has 0 heterocycles. The molecule has 1 fully saturated rings. The average Bonchev–Trinajstić information content (AvgIpc) is 2.97. The van der Waals surface area contributed by atoms with Crippen LogP contribution in [0.4, 0.5) is 5.69 Å². The molecule has 0 aliphatic heterocycles. The van der Waals surface area contributed by atoms with E-state index in [0.717, 1.165) is 36.9 Å². The Kier molecular flexibility index (Phi) is 4.98. The van der Waals surface area contributed by atoms with Crippen LogP contribution < -0.4 is 11.3 Å². The summed E-state index contributed by atoms with van der Waals surface area (Å²) >= 11 is 0. The van der Waals surface area contributed by atoms with Crippen LogP contribution in [0.25, 0.3) is 0 Å². The zero-order valence-corrected chi connectivity index (χ0v) is 11.9. The van der Waals surface area contributed by atoms with Crippen molar-refractivity contribution in [3.63, 3.8) is 0 Å². The Morgan fingerprint density at radius 1 is 1.45 bits per heavy atom. The lowest BCUT2D eigenvalue weighted by Crippen LogP contribution is -2.41. The Labute approximate surface area is 119 Å². The summed E-state index contributed by atoms with van der Waals surface area (Å²) in [6, 6.07) is 5.72. The molecule has 1 aliphatic carbocycles. The highest BCUT2D eigenvalue weighted by atomic mass is 16.3. The number of carbonyl (C=O) groups is 1. The Morgan fingerprint density at radius 3 is 2.70 bits per heavy atom. The zero-order chi connectivity index (χ0) is 14.5. The zero-order valence-electron chi connectivity index (χ0n) is 11.9. The average molecular weight is 277 g/mol. The fraction of sp³-hybridized carbons (Fsp3) is 0.533. The van der Waals surface area contributed by atoms with Gasteiger partial charge in [0.05, 0.1) is 6.61 Å². The molecule has 1 aromatic rings. The minimum atomic E-state index is 0.00370. The normalized spacial score (nSPS) is 15.3. The number of carbonyl (C=O) groups excluding carboxylic acids is 1.